The van der Waals surface area contributed by atoms with Crippen LogP contribution in [0.3, 0.4) is 0 Å². The maximum absolute atomic E-state index is 6.24. The molecule has 1 aromatic rings. The van der Waals surface area contributed by atoms with E-state index in [1.165, 1.54) is 37.7 Å². The van der Waals surface area contributed by atoms with Crippen LogP contribution in [0, 0.1) is 0 Å². The predicted molar refractivity (Wildman–Crippen MR) is 85.5 cm³/mol. The minimum absolute atomic E-state index is 0.334. The number of nitrogens with one attached hydrogen (secondary N) is 1. The molecule has 0 aliphatic heterocycles. The van der Waals surface area contributed by atoms with Crippen molar-refractivity contribution in [1.29, 1.82) is 0 Å². The van der Waals surface area contributed by atoms with Gasteiger partial charge in [-0.05, 0) is 55.8 Å². The Bertz CT molecular complexity index is 385. The van der Waals surface area contributed by atoms with Crippen LogP contribution >= 0.6 is 0 Å². The molecule has 1 aliphatic carbocycles. The second-order valence-electron chi connectivity index (χ2n) is 6.23. The molecule has 2 heteroatoms. The molecular formula is C18H29NO. The van der Waals surface area contributed by atoms with Crippen molar-refractivity contribution in [3.63, 3.8) is 0 Å². The molecule has 20 heavy (non-hydrogen) atoms. The first-order valence-corrected chi connectivity index (χ1v) is 8.20. The summed E-state index contributed by atoms with van der Waals surface area (Å²) in [5.41, 5.74) is 1.38. The second-order valence-corrected chi connectivity index (χ2v) is 6.23. The molecule has 2 atom stereocenters. The van der Waals surface area contributed by atoms with Gasteiger partial charge in [0, 0.05) is 6.04 Å². The fraction of sp³-hybridized carbons (Fsp3) is 0.667. The zero-order valence-electron chi connectivity index (χ0n) is 13.2. The van der Waals surface area contributed by atoms with Gasteiger partial charge in [-0.2, -0.15) is 0 Å². The van der Waals surface area contributed by atoms with Gasteiger partial charge in [0.05, 0.1) is 0 Å². The van der Waals surface area contributed by atoms with E-state index >= 15 is 0 Å². The maximum Gasteiger partial charge on any atom is 0.119 e. The van der Waals surface area contributed by atoms with Gasteiger partial charge >= 0.3 is 0 Å². The molecule has 0 heterocycles. The van der Waals surface area contributed by atoms with Gasteiger partial charge in [-0.15, -0.1) is 0 Å². The van der Waals surface area contributed by atoms with Crippen molar-refractivity contribution < 1.29 is 4.74 Å². The van der Waals surface area contributed by atoms with Crippen molar-refractivity contribution in [3.8, 4) is 5.75 Å². The Morgan fingerprint density at radius 3 is 2.50 bits per heavy atom. The standard InChI is InChI=1S/C18H29NO/c1-4-13-19-17-7-5-6-8-18(17)20-16-11-9-15(10-12-16)14(2)3/h9-12,14,17-19H,4-8,13H2,1-3H3. The fourth-order valence-corrected chi connectivity index (χ4v) is 2.91. The molecule has 0 saturated heterocycles. The van der Waals surface area contributed by atoms with Crippen LogP contribution < -0.4 is 10.1 Å². The normalized spacial score (nSPS) is 23.0. The first-order chi connectivity index (χ1) is 9.70. The van der Waals surface area contributed by atoms with Gasteiger partial charge in [-0.25, -0.2) is 0 Å². The Morgan fingerprint density at radius 1 is 1.15 bits per heavy atom. The van der Waals surface area contributed by atoms with Crippen LogP contribution in [0.25, 0.3) is 0 Å². The lowest BCUT2D eigenvalue weighted by molar-refractivity contribution is 0.114. The van der Waals surface area contributed by atoms with E-state index in [9.17, 15) is 0 Å². The summed E-state index contributed by atoms with van der Waals surface area (Å²) in [6.07, 6.45) is 6.56. The molecule has 1 aromatic carbocycles. The van der Waals surface area contributed by atoms with E-state index in [2.05, 4.69) is 50.4 Å². The fourth-order valence-electron chi connectivity index (χ4n) is 2.91. The van der Waals surface area contributed by atoms with Crippen molar-refractivity contribution in [2.45, 2.75) is 70.9 Å². The first kappa shape index (κ1) is 15.4. The molecule has 0 bridgehead atoms. The molecule has 1 N–H and O–H groups in total. The lowest BCUT2D eigenvalue weighted by Gasteiger charge is -2.32. The summed E-state index contributed by atoms with van der Waals surface area (Å²) in [6.45, 7) is 7.76. The van der Waals surface area contributed by atoms with Crippen molar-refractivity contribution in [1.82, 2.24) is 5.32 Å². The van der Waals surface area contributed by atoms with Crippen LogP contribution in [0.1, 0.15) is 64.4 Å². The highest BCUT2D eigenvalue weighted by molar-refractivity contribution is 5.29. The van der Waals surface area contributed by atoms with Crippen molar-refractivity contribution in [2.24, 2.45) is 0 Å². The Morgan fingerprint density at radius 2 is 1.85 bits per heavy atom. The zero-order valence-corrected chi connectivity index (χ0v) is 13.2. The van der Waals surface area contributed by atoms with Gasteiger partial charge in [0.15, 0.2) is 0 Å². The van der Waals surface area contributed by atoms with E-state index in [0.717, 1.165) is 12.3 Å². The van der Waals surface area contributed by atoms with Crippen molar-refractivity contribution >= 4 is 0 Å². The highest BCUT2D eigenvalue weighted by atomic mass is 16.5. The Kier molecular flexibility index (Phi) is 5.90. The zero-order chi connectivity index (χ0) is 14.4. The SMILES string of the molecule is CCCNC1CCCCC1Oc1ccc(C(C)C)cc1. The molecule has 1 saturated carbocycles. The smallest absolute Gasteiger partial charge is 0.119 e. The molecular weight excluding hydrogens is 246 g/mol. The third-order valence-corrected chi connectivity index (χ3v) is 4.19. The number of ether oxygens (including phenoxy) is 1. The molecule has 1 aliphatic rings. The monoisotopic (exact) mass is 275 g/mol. The van der Waals surface area contributed by atoms with Crippen LogP contribution in [0.4, 0.5) is 0 Å². The van der Waals surface area contributed by atoms with Gasteiger partial charge in [0.2, 0.25) is 0 Å². The third-order valence-electron chi connectivity index (χ3n) is 4.19. The Hall–Kier alpha value is -1.02. The molecule has 0 amide bonds. The summed E-state index contributed by atoms with van der Waals surface area (Å²) in [6, 6.07) is 9.16. The number of hydrogen-bond acceptors (Lipinski definition) is 2. The lowest BCUT2D eigenvalue weighted by atomic mass is 9.92. The molecule has 2 rings (SSSR count). The molecule has 2 unspecified atom stereocenters. The van der Waals surface area contributed by atoms with Gasteiger partial charge in [0.1, 0.15) is 11.9 Å². The summed E-state index contributed by atoms with van der Waals surface area (Å²) in [7, 11) is 0. The molecule has 2 nitrogen and oxygen atoms in total. The third kappa shape index (κ3) is 4.24. The minimum atomic E-state index is 0.334. The van der Waals surface area contributed by atoms with Crippen molar-refractivity contribution in [3.05, 3.63) is 29.8 Å². The highest BCUT2D eigenvalue weighted by Gasteiger charge is 2.26. The van der Waals surface area contributed by atoms with Gasteiger partial charge in [0.25, 0.3) is 0 Å². The molecule has 0 aromatic heterocycles. The first-order valence-electron chi connectivity index (χ1n) is 8.20. The van der Waals surface area contributed by atoms with E-state index in [-0.39, 0.29) is 0 Å². The number of benzene rings is 1. The minimum Gasteiger partial charge on any atom is -0.489 e. The van der Waals surface area contributed by atoms with Gasteiger partial charge < -0.3 is 10.1 Å². The molecule has 112 valence electrons. The van der Waals surface area contributed by atoms with Crippen LogP contribution in [0.2, 0.25) is 0 Å². The Balaban J connectivity index is 1.95. The second kappa shape index (κ2) is 7.68. The summed E-state index contributed by atoms with van der Waals surface area (Å²) in [5.74, 6) is 1.60. The van der Waals surface area contributed by atoms with E-state index in [1.807, 2.05) is 0 Å². The van der Waals surface area contributed by atoms with Crippen LogP contribution in [-0.2, 0) is 0 Å². The van der Waals surface area contributed by atoms with Gasteiger partial charge in [-0.3, -0.25) is 0 Å². The van der Waals surface area contributed by atoms with E-state index < -0.39 is 0 Å². The average molecular weight is 275 g/mol. The maximum atomic E-state index is 6.24. The predicted octanol–water partition coefficient (Wildman–Crippen LogP) is 4.50. The molecule has 1 fully saturated rings. The number of rotatable bonds is 6. The van der Waals surface area contributed by atoms with E-state index in [0.29, 0.717) is 18.1 Å². The van der Waals surface area contributed by atoms with Crippen molar-refractivity contribution in [2.75, 3.05) is 6.54 Å². The summed E-state index contributed by atoms with van der Waals surface area (Å²) in [5, 5.41) is 3.65. The Labute approximate surface area is 123 Å². The lowest BCUT2D eigenvalue weighted by Crippen LogP contribution is -2.45. The average Bonchev–Trinajstić information content (AvgIpc) is 2.47. The van der Waals surface area contributed by atoms with E-state index in [4.69, 9.17) is 4.74 Å². The van der Waals surface area contributed by atoms with E-state index in [1.54, 1.807) is 0 Å². The summed E-state index contributed by atoms with van der Waals surface area (Å²) in [4.78, 5) is 0. The van der Waals surface area contributed by atoms with Crippen LogP contribution in [-0.4, -0.2) is 18.7 Å². The topological polar surface area (TPSA) is 21.3 Å². The molecule has 0 radical (unpaired) electrons. The highest BCUT2D eigenvalue weighted by Crippen LogP contribution is 2.25. The summed E-state index contributed by atoms with van der Waals surface area (Å²) >= 11 is 0. The number of hydrogen-bond donors (Lipinski definition) is 1. The van der Waals surface area contributed by atoms with Crippen LogP contribution in [0.5, 0.6) is 5.75 Å². The largest absolute Gasteiger partial charge is 0.489 e. The van der Waals surface area contributed by atoms with Crippen LogP contribution in [0.15, 0.2) is 24.3 Å². The summed E-state index contributed by atoms with van der Waals surface area (Å²) < 4.78 is 6.24. The molecule has 0 spiro atoms. The van der Waals surface area contributed by atoms with Gasteiger partial charge in [-0.1, -0.05) is 39.3 Å². The quantitative estimate of drug-likeness (QED) is 0.825.